The summed E-state index contributed by atoms with van der Waals surface area (Å²) in [5.74, 6) is 0. The summed E-state index contributed by atoms with van der Waals surface area (Å²) >= 11 is 0. The molecule has 0 spiro atoms. The number of piperidine rings is 1. The van der Waals surface area contributed by atoms with Gasteiger partial charge in [0, 0.05) is 12.2 Å². The first-order valence-corrected chi connectivity index (χ1v) is 10.8. The number of rotatable bonds is 8. The Morgan fingerprint density at radius 3 is 2.62 bits per heavy atom. The van der Waals surface area contributed by atoms with E-state index in [1.165, 1.54) is 5.57 Å². The van der Waals surface area contributed by atoms with Crippen LogP contribution in [0.15, 0.2) is 46.5 Å². The molecule has 0 saturated carbocycles. The molecule has 1 aliphatic rings. The van der Waals surface area contributed by atoms with Crippen LogP contribution in [-0.2, 0) is 14.7 Å². The zero-order chi connectivity index (χ0) is 19.2. The van der Waals surface area contributed by atoms with E-state index in [2.05, 4.69) is 10.4 Å². The number of hydrogen-bond acceptors (Lipinski definition) is 5. The average molecular weight is 381 g/mol. The van der Waals surface area contributed by atoms with Crippen molar-refractivity contribution >= 4 is 9.84 Å². The van der Waals surface area contributed by atoms with Crippen LogP contribution in [-0.4, -0.2) is 44.8 Å². The molecule has 1 N–H and O–H groups in total. The molecule has 26 heavy (non-hydrogen) atoms. The molecule has 0 unspecified atom stereocenters. The minimum Gasteiger partial charge on any atom is -0.299 e. The summed E-state index contributed by atoms with van der Waals surface area (Å²) in [5, 5.41) is 0. The van der Waals surface area contributed by atoms with E-state index in [0.717, 1.165) is 44.6 Å². The Kier molecular flexibility index (Phi) is 7.26. The molecule has 5 nitrogen and oxygen atoms in total. The van der Waals surface area contributed by atoms with Crippen LogP contribution in [0.2, 0.25) is 0 Å². The van der Waals surface area contributed by atoms with Crippen LogP contribution < -0.4 is 5.48 Å². The number of hydrogen-bond donors (Lipinski definition) is 1. The van der Waals surface area contributed by atoms with Gasteiger partial charge in [0.2, 0.25) is 0 Å². The highest BCUT2D eigenvalue weighted by molar-refractivity contribution is 7.92. The third-order valence-electron chi connectivity index (χ3n) is 5.19. The molecule has 1 aromatic rings. The largest absolute Gasteiger partial charge is 0.299 e. The number of likely N-dealkylation sites (tertiary alicyclic amines) is 1. The van der Waals surface area contributed by atoms with Gasteiger partial charge in [-0.3, -0.25) is 15.2 Å². The van der Waals surface area contributed by atoms with Gasteiger partial charge in [-0.05, 0) is 77.2 Å². The standard InChI is InChI=1S/C20H32N2O3S/c1-17(21-25-4)18-10-8-14-22(16-18)15-9-13-20(2,3)26(23,24)19-11-6-5-7-12-19/h5-7,11-12,21H,8-10,13-16H2,1-4H3. The maximum Gasteiger partial charge on any atom is 0.183 e. The number of hydroxylamine groups is 1. The fourth-order valence-corrected chi connectivity index (χ4v) is 5.01. The van der Waals surface area contributed by atoms with Gasteiger partial charge >= 0.3 is 0 Å². The Hall–Kier alpha value is -1.37. The van der Waals surface area contributed by atoms with Crippen molar-refractivity contribution in [2.45, 2.75) is 56.1 Å². The maximum absolute atomic E-state index is 12.9. The molecule has 2 rings (SSSR count). The first kappa shape index (κ1) is 20.9. The lowest BCUT2D eigenvalue weighted by Gasteiger charge is -2.31. The van der Waals surface area contributed by atoms with Gasteiger partial charge in [0.05, 0.1) is 16.8 Å². The van der Waals surface area contributed by atoms with E-state index in [4.69, 9.17) is 4.84 Å². The second-order valence-electron chi connectivity index (χ2n) is 7.59. The molecule has 1 fully saturated rings. The van der Waals surface area contributed by atoms with E-state index in [0.29, 0.717) is 11.3 Å². The molecule has 1 aliphatic heterocycles. The Bertz CT molecular complexity index is 712. The summed E-state index contributed by atoms with van der Waals surface area (Å²) in [7, 11) is -1.70. The predicted molar refractivity (Wildman–Crippen MR) is 105 cm³/mol. The average Bonchev–Trinajstić information content (AvgIpc) is 2.62. The molecule has 0 amide bonds. The van der Waals surface area contributed by atoms with Crippen molar-refractivity contribution in [3.8, 4) is 0 Å². The zero-order valence-corrected chi connectivity index (χ0v) is 17.2. The number of nitrogens with one attached hydrogen (secondary N) is 1. The van der Waals surface area contributed by atoms with Gasteiger partial charge in [-0.25, -0.2) is 8.42 Å². The molecule has 0 radical (unpaired) electrons. The minimum atomic E-state index is -3.33. The molecule has 0 atom stereocenters. The molecule has 146 valence electrons. The van der Waals surface area contributed by atoms with E-state index in [-0.39, 0.29) is 0 Å². The van der Waals surface area contributed by atoms with Crippen molar-refractivity contribution in [1.29, 1.82) is 0 Å². The summed E-state index contributed by atoms with van der Waals surface area (Å²) in [5.41, 5.74) is 5.38. The number of nitrogens with zero attached hydrogens (tertiary/aromatic N) is 1. The summed E-state index contributed by atoms with van der Waals surface area (Å²) in [4.78, 5) is 7.82. The highest BCUT2D eigenvalue weighted by Crippen LogP contribution is 2.29. The minimum absolute atomic E-state index is 0.412. The van der Waals surface area contributed by atoms with Crippen molar-refractivity contribution in [3.05, 3.63) is 41.6 Å². The number of benzene rings is 1. The second-order valence-corrected chi connectivity index (χ2v) is 10.2. The predicted octanol–water partition coefficient (Wildman–Crippen LogP) is 3.54. The summed E-state index contributed by atoms with van der Waals surface area (Å²) in [6, 6.07) is 8.77. The van der Waals surface area contributed by atoms with E-state index < -0.39 is 14.6 Å². The molecule has 0 aromatic heterocycles. The monoisotopic (exact) mass is 380 g/mol. The van der Waals surface area contributed by atoms with Crippen molar-refractivity contribution in [2.24, 2.45) is 0 Å². The van der Waals surface area contributed by atoms with Crippen LogP contribution in [0, 0.1) is 0 Å². The Balaban J connectivity index is 1.93. The Morgan fingerprint density at radius 2 is 1.96 bits per heavy atom. The Labute approximate surface area is 158 Å². The van der Waals surface area contributed by atoms with Crippen LogP contribution in [0.3, 0.4) is 0 Å². The molecule has 0 bridgehead atoms. The SMILES string of the molecule is CONC(C)=C1CCCN(CCCC(C)(C)S(=O)(=O)c2ccccc2)C1. The lowest BCUT2D eigenvalue weighted by Crippen LogP contribution is -2.36. The van der Waals surface area contributed by atoms with E-state index in [1.54, 1.807) is 31.4 Å². The normalized spacial score (nSPS) is 18.6. The van der Waals surface area contributed by atoms with Gasteiger partial charge < -0.3 is 0 Å². The van der Waals surface area contributed by atoms with E-state index >= 15 is 0 Å². The lowest BCUT2D eigenvalue weighted by atomic mass is 10.0. The van der Waals surface area contributed by atoms with Crippen molar-refractivity contribution in [1.82, 2.24) is 10.4 Å². The molecular formula is C20H32N2O3S. The fourth-order valence-electron chi connectivity index (χ4n) is 3.45. The lowest BCUT2D eigenvalue weighted by molar-refractivity contribution is 0.115. The van der Waals surface area contributed by atoms with Gasteiger partial charge in [0.1, 0.15) is 0 Å². The van der Waals surface area contributed by atoms with Crippen LogP contribution in [0.25, 0.3) is 0 Å². The van der Waals surface area contributed by atoms with E-state index in [1.807, 2.05) is 26.8 Å². The highest BCUT2D eigenvalue weighted by Gasteiger charge is 2.35. The highest BCUT2D eigenvalue weighted by atomic mass is 32.2. The molecule has 1 aromatic carbocycles. The van der Waals surface area contributed by atoms with Crippen molar-refractivity contribution < 1.29 is 13.3 Å². The molecule has 6 heteroatoms. The van der Waals surface area contributed by atoms with Gasteiger partial charge in [-0.15, -0.1) is 0 Å². The molecule has 1 heterocycles. The maximum atomic E-state index is 12.9. The third-order valence-corrected chi connectivity index (χ3v) is 7.74. The Morgan fingerprint density at radius 1 is 1.27 bits per heavy atom. The van der Waals surface area contributed by atoms with Crippen LogP contribution in [0.1, 0.15) is 46.5 Å². The van der Waals surface area contributed by atoms with Gasteiger partial charge in [0.25, 0.3) is 0 Å². The summed E-state index contributed by atoms with van der Waals surface area (Å²) in [6.07, 6.45) is 3.73. The fraction of sp³-hybridized carbons (Fsp3) is 0.600. The van der Waals surface area contributed by atoms with Crippen molar-refractivity contribution in [3.63, 3.8) is 0 Å². The number of allylic oxidation sites excluding steroid dienone is 1. The topological polar surface area (TPSA) is 58.6 Å². The van der Waals surface area contributed by atoms with Crippen molar-refractivity contribution in [2.75, 3.05) is 26.7 Å². The van der Waals surface area contributed by atoms with Crippen LogP contribution in [0.4, 0.5) is 0 Å². The molecular weight excluding hydrogens is 348 g/mol. The first-order chi connectivity index (χ1) is 12.3. The molecule has 0 aliphatic carbocycles. The quantitative estimate of drug-likeness (QED) is 0.699. The summed E-state index contributed by atoms with van der Waals surface area (Å²) < 4.78 is 25.0. The van der Waals surface area contributed by atoms with Gasteiger partial charge in [0.15, 0.2) is 9.84 Å². The number of sulfone groups is 1. The smallest absolute Gasteiger partial charge is 0.183 e. The molecule has 1 saturated heterocycles. The van der Waals surface area contributed by atoms with Gasteiger partial charge in [-0.2, -0.15) is 0 Å². The van der Waals surface area contributed by atoms with Gasteiger partial charge in [-0.1, -0.05) is 18.2 Å². The van der Waals surface area contributed by atoms with Crippen LogP contribution in [0.5, 0.6) is 0 Å². The van der Waals surface area contributed by atoms with Crippen LogP contribution >= 0.6 is 0 Å². The summed E-state index contributed by atoms with van der Waals surface area (Å²) in [6.45, 7) is 8.62. The zero-order valence-electron chi connectivity index (χ0n) is 16.4. The second kappa shape index (κ2) is 9.02. The first-order valence-electron chi connectivity index (χ1n) is 9.27. The van der Waals surface area contributed by atoms with E-state index in [9.17, 15) is 8.42 Å². The third kappa shape index (κ3) is 5.09.